The molecule has 0 N–H and O–H groups in total. The van der Waals surface area contributed by atoms with Gasteiger partial charge in [0.1, 0.15) is 6.23 Å². The van der Waals surface area contributed by atoms with Crippen molar-refractivity contribution in [3.8, 4) is 0 Å². The van der Waals surface area contributed by atoms with Gasteiger partial charge in [0, 0.05) is 6.54 Å². The summed E-state index contributed by atoms with van der Waals surface area (Å²) >= 11 is 0. The van der Waals surface area contributed by atoms with Gasteiger partial charge in [-0.3, -0.25) is 4.90 Å². The van der Waals surface area contributed by atoms with Crippen molar-refractivity contribution in [2.45, 2.75) is 6.23 Å². The van der Waals surface area contributed by atoms with Crippen LogP contribution < -0.4 is 0 Å². The van der Waals surface area contributed by atoms with E-state index in [2.05, 4.69) is 24.1 Å². The normalized spacial score (nSPS) is 24.6. The molecule has 1 heterocycles. The van der Waals surface area contributed by atoms with E-state index in [9.17, 15) is 0 Å². The van der Waals surface area contributed by atoms with Crippen LogP contribution in [0.5, 0.6) is 0 Å². The maximum atomic E-state index is 5.58. The maximum Gasteiger partial charge on any atom is 0.136 e. The Morgan fingerprint density at radius 1 is 1.33 bits per heavy atom. The first-order chi connectivity index (χ1) is 5.88. The molecule has 0 aliphatic carbocycles. The number of nitrogens with zero attached hydrogens (tertiary/aromatic N) is 1. The lowest BCUT2D eigenvalue weighted by atomic mass is 10.2. The van der Waals surface area contributed by atoms with Crippen molar-refractivity contribution in [3.63, 3.8) is 0 Å². The van der Waals surface area contributed by atoms with Gasteiger partial charge in [-0.15, -0.1) is 0 Å². The van der Waals surface area contributed by atoms with Crippen LogP contribution in [0.1, 0.15) is 11.8 Å². The number of hydrogen-bond donors (Lipinski definition) is 0. The van der Waals surface area contributed by atoms with Crippen molar-refractivity contribution in [3.05, 3.63) is 35.9 Å². The van der Waals surface area contributed by atoms with Crippen LogP contribution in [-0.2, 0) is 4.74 Å². The average molecular weight is 163 g/mol. The van der Waals surface area contributed by atoms with E-state index in [4.69, 9.17) is 4.74 Å². The molecule has 0 radical (unpaired) electrons. The molecule has 12 heavy (non-hydrogen) atoms. The maximum absolute atomic E-state index is 5.58. The molecule has 0 saturated carbocycles. The standard InChI is InChI=1S/C10H13NO/c1-11-7-8-12-10(11)9-5-3-2-4-6-9/h2-6,10H,7-8H2,1H3/t10-/m1/s1. The van der Waals surface area contributed by atoms with Gasteiger partial charge in [0.25, 0.3) is 0 Å². The lowest BCUT2D eigenvalue weighted by Gasteiger charge is -2.17. The number of likely N-dealkylation sites (N-methyl/N-ethyl adjacent to an activating group) is 1. The van der Waals surface area contributed by atoms with Crippen molar-refractivity contribution < 1.29 is 4.74 Å². The highest BCUT2D eigenvalue weighted by atomic mass is 16.5. The van der Waals surface area contributed by atoms with E-state index in [1.54, 1.807) is 0 Å². The molecule has 2 heteroatoms. The van der Waals surface area contributed by atoms with E-state index < -0.39 is 0 Å². The molecule has 0 aromatic heterocycles. The van der Waals surface area contributed by atoms with E-state index in [0.29, 0.717) is 0 Å². The lowest BCUT2D eigenvalue weighted by molar-refractivity contribution is 0.0454. The lowest BCUT2D eigenvalue weighted by Crippen LogP contribution is -2.18. The number of benzene rings is 1. The smallest absolute Gasteiger partial charge is 0.136 e. The van der Waals surface area contributed by atoms with Crippen LogP contribution in [-0.4, -0.2) is 25.1 Å². The quantitative estimate of drug-likeness (QED) is 0.624. The Hall–Kier alpha value is -0.860. The molecule has 0 amide bonds. The second-order valence-electron chi connectivity index (χ2n) is 3.11. The molecule has 1 saturated heterocycles. The second kappa shape index (κ2) is 3.25. The zero-order chi connectivity index (χ0) is 8.39. The third-order valence-corrected chi connectivity index (χ3v) is 2.20. The number of hydrogen-bond acceptors (Lipinski definition) is 2. The van der Waals surface area contributed by atoms with Crippen molar-refractivity contribution in [1.29, 1.82) is 0 Å². The molecule has 0 unspecified atom stereocenters. The molecule has 64 valence electrons. The molecule has 0 spiro atoms. The van der Waals surface area contributed by atoms with Crippen LogP contribution in [0, 0.1) is 0 Å². The highest BCUT2D eigenvalue weighted by molar-refractivity contribution is 5.17. The van der Waals surface area contributed by atoms with Gasteiger partial charge in [0.05, 0.1) is 6.61 Å². The van der Waals surface area contributed by atoms with Gasteiger partial charge in [0.2, 0.25) is 0 Å². The highest BCUT2D eigenvalue weighted by Gasteiger charge is 2.22. The van der Waals surface area contributed by atoms with Gasteiger partial charge in [-0.2, -0.15) is 0 Å². The van der Waals surface area contributed by atoms with E-state index in [0.717, 1.165) is 13.2 Å². The van der Waals surface area contributed by atoms with Crippen LogP contribution in [0.4, 0.5) is 0 Å². The summed E-state index contributed by atoms with van der Waals surface area (Å²) in [6, 6.07) is 10.3. The van der Waals surface area contributed by atoms with Crippen molar-refractivity contribution >= 4 is 0 Å². The third-order valence-electron chi connectivity index (χ3n) is 2.20. The van der Waals surface area contributed by atoms with Gasteiger partial charge in [0.15, 0.2) is 0 Å². The Bertz CT molecular complexity index is 247. The predicted octanol–water partition coefficient (Wildman–Crippen LogP) is 1.65. The molecule has 1 aromatic rings. The van der Waals surface area contributed by atoms with Gasteiger partial charge >= 0.3 is 0 Å². The minimum absolute atomic E-state index is 0.172. The molecule has 1 aromatic carbocycles. The van der Waals surface area contributed by atoms with Crippen LogP contribution in [0.3, 0.4) is 0 Å². The van der Waals surface area contributed by atoms with E-state index >= 15 is 0 Å². The predicted molar refractivity (Wildman–Crippen MR) is 47.8 cm³/mol. The Balaban J connectivity index is 2.19. The fraction of sp³-hybridized carbons (Fsp3) is 0.400. The van der Waals surface area contributed by atoms with Crippen LogP contribution in [0.25, 0.3) is 0 Å². The van der Waals surface area contributed by atoms with Crippen LogP contribution in [0.2, 0.25) is 0 Å². The molecule has 1 atom stereocenters. The highest BCUT2D eigenvalue weighted by Crippen LogP contribution is 2.24. The summed E-state index contributed by atoms with van der Waals surface area (Å²) in [6.07, 6.45) is 0.172. The average Bonchev–Trinajstić information content (AvgIpc) is 2.53. The van der Waals surface area contributed by atoms with E-state index in [-0.39, 0.29) is 6.23 Å². The van der Waals surface area contributed by atoms with Crippen LogP contribution >= 0.6 is 0 Å². The van der Waals surface area contributed by atoms with Gasteiger partial charge < -0.3 is 4.74 Å². The SMILES string of the molecule is CN1CCO[C@@H]1c1ccccc1. The summed E-state index contributed by atoms with van der Waals surface area (Å²) in [5.41, 5.74) is 1.25. The fourth-order valence-electron chi connectivity index (χ4n) is 1.52. The summed E-state index contributed by atoms with van der Waals surface area (Å²) in [6.45, 7) is 1.87. The van der Waals surface area contributed by atoms with E-state index in [1.807, 2.05) is 18.2 Å². The Morgan fingerprint density at radius 2 is 2.08 bits per heavy atom. The first-order valence-corrected chi connectivity index (χ1v) is 4.25. The summed E-state index contributed by atoms with van der Waals surface area (Å²) in [5.74, 6) is 0. The summed E-state index contributed by atoms with van der Waals surface area (Å²) in [4.78, 5) is 2.22. The minimum Gasteiger partial charge on any atom is -0.358 e. The molecular formula is C10H13NO. The summed E-state index contributed by atoms with van der Waals surface area (Å²) in [5, 5.41) is 0. The van der Waals surface area contributed by atoms with Crippen LogP contribution in [0.15, 0.2) is 30.3 Å². The Morgan fingerprint density at radius 3 is 2.67 bits per heavy atom. The monoisotopic (exact) mass is 163 g/mol. The largest absolute Gasteiger partial charge is 0.358 e. The van der Waals surface area contributed by atoms with Gasteiger partial charge in [-0.05, 0) is 12.6 Å². The summed E-state index contributed by atoms with van der Waals surface area (Å²) < 4.78 is 5.58. The zero-order valence-electron chi connectivity index (χ0n) is 7.23. The van der Waals surface area contributed by atoms with Crippen molar-refractivity contribution in [2.24, 2.45) is 0 Å². The van der Waals surface area contributed by atoms with Crippen molar-refractivity contribution in [2.75, 3.05) is 20.2 Å². The summed E-state index contributed by atoms with van der Waals surface area (Å²) in [7, 11) is 2.09. The van der Waals surface area contributed by atoms with Gasteiger partial charge in [-0.1, -0.05) is 30.3 Å². The topological polar surface area (TPSA) is 12.5 Å². The molecule has 0 bridgehead atoms. The Labute approximate surface area is 72.8 Å². The van der Waals surface area contributed by atoms with Crippen molar-refractivity contribution in [1.82, 2.24) is 4.90 Å². The zero-order valence-corrected chi connectivity index (χ0v) is 7.23. The third kappa shape index (κ3) is 1.36. The number of ether oxygens (including phenoxy) is 1. The molecular weight excluding hydrogens is 150 g/mol. The van der Waals surface area contributed by atoms with Gasteiger partial charge in [-0.25, -0.2) is 0 Å². The molecule has 1 aliphatic heterocycles. The van der Waals surface area contributed by atoms with E-state index in [1.165, 1.54) is 5.56 Å². The molecule has 2 nitrogen and oxygen atoms in total. The molecule has 2 rings (SSSR count). The fourth-order valence-corrected chi connectivity index (χ4v) is 1.52. The minimum atomic E-state index is 0.172. The Kier molecular flexibility index (Phi) is 2.11. The second-order valence-corrected chi connectivity index (χ2v) is 3.11. The molecule has 1 aliphatic rings. The number of rotatable bonds is 1. The first kappa shape index (κ1) is 7.77. The molecule has 1 fully saturated rings. The first-order valence-electron chi connectivity index (χ1n) is 4.25.